The van der Waals surface area contributed by atoms with Crippen LogP contribution in [0.15, 0.2) is 59.9 Å². The van der Waals surface area contributed by atoms with Crippen molar-refractivity contribution in [3.63, 3.8) is 0 Å². The van der Waals surface area contributed by atoms with E-state index in [1.165, 1.54) is 0 Å². The highest BCUT2D eigenvalue weighted by molar-refractivity contribution is 6.08. The van der Waals surface area contributed by atoms with Crippen LogP contribution in [-0.4, -0.2) is 33.0 Å². The predicted octanol–water partition coefficient (Wildman–Crippen LogP) is 3.23. The zero-order valence-corrected chi connectivity index (χ0v) is 13.2. The number of aliphatic carboxylic acids is 1. The molecule has 4 rings (SSSR count). The van der Waals surface area contributed by atoms with Crippen molar-refractivity contribution in [2.75, 3.05) is 0 Å². The number of carboxylic acid groups (broad SMARTS) is 1. The highest BCUT2D eigenvalue weighted by atomic mass is 16.6. The highest BCUT2D eigenvalue weighted by Gasteiger charge is 2.38. The van der Waals surface area contributed by atoms with Gasteiger partial charge in [-0.05, 0) is 35.9 Å². The summed E-state index contributed by atoms with van der Waals surface area (Å²) < 4.78 is 0. The fourth-order valence-corrected chi connectivity index (χ4v) is 3.31. The lowest BCUT2D eigenvalue weighted by atomic mass is 9.85. The molecule has 25 heavy (non-hydrogen) atoms. The van der Waals surface area contributed by atoms with Crippen molar-refractivity contribution < 1.29 is 19.8 Å². The van der Waals surface area contributed by atoms with Crippen molar-refractivity contribution in [2.45, 2.75) is 18.4 Å². The van der Waals surface area contributed by atoms with Gasteiger partial charge in [0.05, 0.1) is 18.1 Å². The molecule has 0 saturated heterocycles. The standard InChI is InChI=1S/C19H16N2O4/c22-12-7-5-11(6-8-12)19-18(16(25-21-19)9-17(23)24)14-10-20-15-4-2-1-3-13(14)15/h1-8,10,16,18,20,22H,9H2,(H,23,24). The Balaban J connectivity index is 1.81. The average molecular weight is 336 g/mol. The van der Waals surface area contributed by atoms with E-state index in [2.05, 4.69) is 10.1 Å². The van der Waals surface area contributed by atoms with Gasteiger partial charge in [-0.3, -0.25) is 4.79 Å². The van der Waals surface area contributed by atoms with Crippen molar-refractivity contribution in [1.29, 1.82) is 0 Å². The summed E-state index contributed by atoms with van der Waals surface area (Å²) in [5, 5.41) is 23.9. The molecule has 2 unspecified atom stereocenters. The number of aromatic hydroxyl groups is 1. The topological polar surface area (TPSA) is 94.9 Å². The van der Waals surface area contributed by atoms with Gasteiger partial charge < -0.3 is 20.0 Å². The van der Waals surface area contributed by atoms with Crippen molar-refractivity contribution in [3.05, 3.63) is 65.9 Å². The number of fused-ring (bicyclic) bond motifs is 1. The van der Waals surface area contributed by atoms with Crippen LogP contribution in [0.2, 0.25) is 0 Å². The van der Waals surface area contributed by atoms with Gasteiger partial charge in [0, 0.05) is 22.7 Å². The Bertz CT molecular complexity index is 959. The lowest BCUT2D eigenvalue weighted by Gasteiger charge is -2.17. The third-order valence-corrected chi connectivity index (χ3v) is 4.45. The third-order valence-electron chi connectivity index (χ3n) is 4.45. The lowest BCUT2D eigenvalue weighted by molar-refractivity contribution is -0.139. The largest absolute Gasteiger partial charge is 0.508 e. The number of phenolic OH excluding ortho intramolecular Hbond substituents is 1. The molecule has 0 saturated carbocycles. The molecule has 2 heterocycles. The first-order valence-corrected chi connectivity index (χ1v) is 7.94. The average Bonchev–Trinajstić information content (AvgIpc) is 3.19. The molecule has 0 spiro atoms. The molecule has 2 atom stereocenters. The maximum absolute atomic E-state index is 11.3. The van der Waals surface area contributed by atoms with E-state index in [0.29, 0.717) is 5.71 Å². The second-order valence-electron chi connectivity index (χ2n) is 6.03. The van der Waals surface area contributed by atoms with Gasteiger partial charge in [-0.2, -0.15) is 0 Å². The number of rotatable bonds is 4. The van der Waals surface area contributed by atoms with Crippen LogP contribution >= 0.6 is 0 Å². The molecule has 0 bridgehead atoms. The normalized spacial score (nSPS) is 19.6. The number of phenols is 1. The quantitative estimate of drug-likeness (QED) is 0.681. The Hall–Kier alpha value is -3.28. The molecule has 6 nitrogen and oxygen atoms in total. The van der Waals surface area contributed by atoms with Crippen molar-refractivity contribution >= 4 is 22.6 Å². The minimum atomic E-state index is -0.933. The number of hydrogen-bond donors (Lipinski definition) is 3. The zero-order valence-electron chi connectivity index (χ0n) is 13.2. The third kappa shape index (κ3) is 2.71. The summed E-state index contributed by atoms with van der Waals surface area (Å²) in [6.45, 7) is 0. The van der Waals surface area contributed by atoms with Crippen molar-refractivity contribution in [2.24, 2.45) is 5.16 Å². The molecule has 2 aromatic carbocycles. The molecule has 1 aliphatic heterocycles. The molecular weight excluding hydrogens is 320 g/mol. The molecule has 6 heteroatoms. The van der Waals surface area contributed by atoms with E-state index in [-0.39, 0.29) is 18.1 Å². The van der Waals surface area contributed by atoms with E-state index in [1.807, 2.05) is 30.5 Å². The number of para-hydroxylation sites is 1. The number of oxime groups is 1. The molecule has 0 radical (unpaired) electrons. The van der Waals surface area contributed by atoms with Crippen LogP contribution in [0.3, 0.4) is 0 Å². The number of carbonyl (C=O) groups is 1. The number of H-pyrrole nitrogens is 1. The van der Waals surface area contributed by atoms with Crippen LogP contribution in [0.1, 0.15) is 23.5 Å². The van der Waals surface area contributed by atoms with Gasteiger partial charge in [-0.15, -0.1) is 0 Å². The molecule has 0 amide bonds. The van der Waals surface area contributed by atoms with Crippen LogP contribution < -0.4 is 0 Å². The van der Waals surface area contributed by atoms with Crippen LogP contribution in [0.4, 0.5) is 0 Å². The molecule has 0 aliphatic carbocycles. The number of nitrogens with one attached hydrogen (secondary N) is 1. The maximum atomic E-state index is 11.3. The number of aromatic amines is 1. The van der Waals surface area contributed by atoms with Gasteiger partial charge in [-0.25, -0.2) is 0 Å². The van der Waals surface area contributed by atoms with E-state index >= 15 is 0 Å². The second-order valence-corrected chi connectivity index (χ2v) is 6.03. The zero-order chi connectivity index (χ0) is 17.4. The molecule has 1 aliphatic rings. The summed E-state index contributed by atoms with van der Waals surface area (Å²) in [4.78, 5) is 19.9. The fraction of sp³-hybridized carbons (Fsp3) is 0.158. The fourth-order valence-electron chi connectivity index (χ4n) is 3.31. The minimum Gasteiger partial charge on any atom is -0.508 e. The molecule has 126 valence electrons. The lowest BCUT2D eigenvalue weighted by Crippen LogP contribution is -2.24. The summed E-state index contributed by atoms with van der Waals surface area (Å²) in [6, 6.07) is 14.5. The first kappa shape index (κ1) is 15.3. The SMILES string of the molecule is O=C(O)CC1ON=C(c2ccc(O)cc2)C1c1c[nH]c2ccccc12. The smallest absolute Gasteiger partial charge is 0.307 e. The maximum Gasteiger partial charge on any atom is 0.307 e. The first-order valence-electron chi connectivity index (χ1n) is 7.94. The molecule has 3 N–H and O–H groups in total. The van der Waals surface area contributed by atoms with Gasteiger partial charge in [0.15, 0.2) is 6.10 Å². The summed E-state index contributed by atoms with van der Waals surface area (Å²) in [5.74, 6) is -1.08. The Kier molecular flexibility index (Phi) is 3.65. The summed E-state index contributed by atoms with van der Waals surface area (Å²) in [6.07, 6.45) is 1.16. The number of benzene rings is 2. The highest BCUT2D eigenvalue weighted by Crippen LogP contribution is 2.37. The molecular formula is C19H16N2O4. The Morgan fingerprint density at radius 1 is 1.16 bits per heavy atom. The van der Waals surface area contributed by atoms with E-state index in [9.17, 15) is 15.0 Å². The van der Waals surface area contributed by atoms with Gasteiger partial charge in [-0.1, -0.05) is 23.4 Å². The summed E-state index contributed by atoms with van der Waals surface area (Å²) >= 11 is 0. The van der Waals surface area contributed by atoms with Gasteiger partial charge in [0.25, 0.3) is 0 Å². The predicted molar refractivity (Wildman–Crippen MR) is 92.8 cm³/mol. The van der Waals surface area contributed by atoms with Gasteiger partial charge in [0.1, 0.15) is 5.75 Å². The number of carboxylic acids is 1. The molecule has 3 aromatic rings. The first-order chi connectivity index (χ1) is 12.1. The number of aromatic nitrogens is 1. The van der Waals surface area contributed by atoms with Gasteiger partial charge in [0.2, 0.25) is 0 Å². The number of nitrogens with zero attached hydrogens (tertiary/aromatic N) is 1. The Morgan fingerprint density at radius 3 is 2.68 bits per heavy atom. The van der Waals surface area contributed by atoms with Crippen LogP contribution in [0.25, 0.3) is 10.9 Å². The summed E-state index contributed by atoms with van der Waals surface area (Å²) in [7, 11) is 0. The van der Waals surface area contributed by atoms with E-state index in [1.54, 1.807) is 24.3 Å². The second kappa shape index (κ2) is 5.98. The summed E-state index contributed by atoms with van der Waals surface area (Å²) in [5.41, 5.74) is 3.38. The Labute approximate surface area is 143 Å². The van der Waals surface area contributed by atoms with E-state index in [0.717, 1.165) is 22.0 Å². The molecule has 1 aromatic heterocycles. The van der Waals surface area contributed by atoms with Crippen molar-refractivity contribution in [1.82, 2.24) is 4.98 Å². The van der Waals surface area contributed by atoms with Crippen LogP contribution in [-0.2, 0) is 9.63 Å². The minimum absolute atomic E-state index is 0.144. The number of hydrogen-bond acceptors (Lipinski definition) is 4. The molecule has 0 fully saturated rings. The Morgan fingerprint density at radius 2 is 1.92 bits per heavy atom. The van der Waals surface area contributed by atoms with E-state index < -0.39 is 12.1 Å². The van der Waals surface area contributed by atoms with Crippen molar-refractivity contribution in [3.8, 4) is 5.75 Å². The van der Waals surface area contributed by atoms with Crippen LogP contribution in [0.5, 0.6) is 5.75 Å². The van der Waals surface area contributed by atoms with E-state index in [4.69, 9.17) is 4.84 Å². The van der Waals surface area contributed by atoms with Crippen LogP contribution in [0, 0.1) is 0 Å². The monoisotopic (exact) mass is 336 g/mol. The van der Waals surface area contributed by atoms with Gasteiger partial charge >= 0.3 is 5.97 Å².